The van der Waals surface area contributed by atoms with Crippen LogP contribution in [0, 0.1) is 0 Å². The third-order valence-corrected chi connectivity index (χ3v) is 2.77. The summed E-state index contributed by atoms with van der Waals surface area (Å²) in [7, 11) is 1.56. The Balaban J connectivity index is 2.85. The third kappa shape index (κ3) is 4.07. The van der Waals surface area contributed by atoms with Crippen LogP contribution in [0.5, 0.6) is 0 Å². The molecule has 4 nitrogen and oxygen atoms in total. The molecule has 1 rings (SSSR count). The summed E-state index contributed by atoms with van der Waals surface area (Å²) in [6.07, 6.45) is 0.809. The molecule has 0 radical (unpaired) electrons. The summed E-state index contributed by atoms with van der Waals surface area (Å²) >= 11 is 4.21. The van der Waals surface area contributed by atoms with Gasteiger partial charge < -0.3 is 10.2 Å². The number of carbonyl (C=O) groups is 2. The fourth-order valence-corrected chi connectivity index (χ4v) is 1.82. The minimum absolute atomic E-state index is 0.0833. The van der Waals surface area contributed by atoms with Crippen molar-refractivity contribution < 1.29 is 9.59 Å². The van der Waals surface area contributed by atoms with Gasteiger partial charge in [-0.25, -0.2) is 0 Å². The van der Waals surface area contributed by atoms with Crippen molar-refractivity contribution in [1.82, 2.24) is 10.2 Å². The van der Waals surface area contributed by atoms with E-state index in [2.05, 4.69) is 17.9 Å². The van der Waals surface area contributed by atoms with Crippen molar-refractivity contribution in [3.8, 4) is 0 Å². The van der Waals surface area contributed by atoms with Gasteiger partial charge in [0.15, 0.2) is 0 Å². The van der Waals surface area contributed by atoms with Crippen LogP contribution in [0.2, 0.25) is 0 Å². The topological polar surface area (TPSA) is 49.4 Å². The zero-order valence-corrected chi connectivity index (χ0v) is 11.5. The number of thiol groups is 1. The van der Waals surface area contributed by atoms with Gasteiger partial charge in [-0.1, -0.05) is 13.0 Å². The highest BCUT2D eigenvalue weighted by Crippen LogP contribution is 2.11. The molecule has 0 fully saturated rings. The van der Waals surface area contributed by atoms with Gasteiger partial charge in [0.1, 0.15) is 0 Å². The molecule has 0 unspecified atom stereocenters. The Morgan fingerprint density at radius 2 is 2.11 bits per heavy atom. The van der Waals surface area contributed by atoms with Gasteiger partial charge >= 0.3 is 0 Å². The van der Waals surface area contributed by atoms with Crippen molar-refractivity contribution in [3.63, 3.8) is 0 Å². The molecule has 98 valence electrons. The second-order valence-corrected chi connectivity index (χ2v) is 4.47. The van der Waals surface area contributed by atoms with E-state index in [1.54, 1.807) is 30.1 Å². The molecule has 0 spiro atoms. The normalized spacial score (nSPS) is 9.94. The third-order valence-electron chi connectivity index (χ3n) is 2.49. The SMILES string of the molecule is CCCN(CC(=O)NC)C(=O)c1cccc(S)c1. The average Bonchev–Trinajstić information content (AvgIpc) is 2.37. The minimum Gasteiger partial charge on any atom is -0.358 e. The number of carbonyl (C=O) groups excluding carboxylic acids is 2. The van der Waals surface area contributed by atoms with Crippen LogP contribution in [0.15, 0.2) is 29.2 Å². The Morgan fingerprint density at radius 3 is 2.67 bits per heavy atom. The Morgan fingerprint density at radius 1 is 1.39 bits per heavy atom. The van der Waals surface area contributed by atoms with Crippen molar-refractivity contribution >= 4 is 24.4 Å². The van der Waals surface area contributed by atoms with Gasteiger partial charge in [-0.05, 0) is 24.6 Å². The van der Waals surface area contributed by atoms with E-state index in [1.807, 2.05) is 13.0 Å². The number of hydrogen-bond acceptors (Lipinski definition) is 3. The first kappa shape index (κ1) is 14.6. The summed E-state index contributed by atoms with van der Waals surface area (Å²) in [4.78, 5) is 25.9. The molecule has 0 aliphatic rings. The summed E-state index contributed by atoms with van der Waals surface area (Å²) in [6.45, 7) is 2.61. The highest BCUT2D eigenvalue weighted by molar-refractivity contribution is 7.80. The number of rotatable bonds is 5. The van der Waals surface area contributed by atoms with E-state index < -0.39 is 0 Å². The summed E-state index contributed by atoms with van der Waals surface area (Å²) in [6, 6.07) is 7.02. The van der Waals surface area contributed by atoms with Crippen LogP contribution in [0.1, 0.15) is 23.7 Å². The van der Waals surface area contributed by atoms with Gasteiger partial charge in [-0.2, -0.15) is 0 Å². The molecule has 0 atom stereocenters. The summed E-state index contributed by atoms with van der Waals surface area (Å²) in [5.41, 5.74) is 0.555. The Hall–Kier alpha value is -1.49. The van der Waals surface area contributed by atoms with Crippen molar-refractivity contribution in [2.45, 2.75) is 18.2 Å². The predicted octanol–water partition coefficient (Wildman–Crippen LogP) is 1.57. The lowest BCUT2D eigenvalue weighted by Gasteiger charge is -2.21. The maximum atomic E-state index is 12.3. The molecule has 0 aliphatic heterocycles. The zero-order chi connectivity index (χ0) is 13.5. The second-order valence-electron chi connectivity index (χ2n) is 3.95. The molecule has 0 saturated heterocycles. The molecule has 2 amide bonds. The van der Waals surface area contributed by atoms with Gasteiger partial charge in [0.05, 0.1) is 6.54 Å². The highest BCUT2D eigenvalue weighted by atomic mass is 32.1. The summed E-state index contributed by atoms with van der Waals surface area (Å²) in [5.74, 6) is -0.310. The first-order valence-electron chi connectivity index (χ1n) is 5.87. The van der Waals surface area contributed by atoms with E-state index in [-0.39, 0.29) is 18.4 Å². The van der Waals surface area contributed by atoms with Crippen molar-refractivity contribution in [2.75, 3.05) is 20.1 Å². The smallest absolute Gasteiger partial charge is 0.254 e. The largest absolute Gasteiger partial charge is 0.358 e. The first-order valence-corrected chi connectivity index (χ1v) is 6.32. The van der Waals surface area contributed by atoms with Gasteiger partial charge in [0.25, 0.3) is 5.91 Å². The lowest BCUT2D eigenvalue weighted by molar-refractivity contribution is -0.121. The standard InChI is InChI=1S/C13H18N2O2S/c1-3-7-15(9-12(16)14-2)13(17)10-5-4-6-11(18)8-10/h4-6,8,18H,3,7,9H2,1-2H3,(H,14,16). The van der Waals surface area contributed by atoms with Crippen LogP contribution >= 0.6 is 12.6 Å². The van der Waals surface area contributed by atoms with Gasteiger partial charge in [0, 0.05) is 24.1 Å². The average molecular weight is 266 g/mol. The molecule has 0 heterocycles. The summed E-state index contributed by atoms with van der Waals surface area (Å²) < 4.78 is 0. The molecule has 0 saturated carbocycles. The number of benzene rings is 1. The lowest BCUT2D eigenvalue weighted by Crippen LogP contribution is -2.40. The molecule has 1 N–H and O–H groups in total. The molecule has 0 bridgehead atoms. The number of hydrogen-bond donors (Lipinski definition) is 2. The van der Waals surface area contributed by atoms with Gasteiger partial charge in [-0.3, -0.25) is 9.59 Å². The molecule has 0 aromatic heterocycles. The van der Waals surface area contributed by atoms with E-state index in [9.17, 15) is 9.59 Å². The quantitative estimate of drug-likeness (QED) is 0.795. The van der Waals surface area contributed by atoms with Gasteiger partial charge in [0.2, 0.25) is 5.91 Å². The van der Waals surface area contributed by atoms with E-state index in [0.717, 1.165) is 11.3 Å². The van der Waals surface area contributed by atoms with E-state index in [4.69, 9.17) is 0 Å². The molecular formula is C13H18N2O2S. The fraction of sp³-hybridized carbons (Fsp3) is 0.385. The molecule has 1 aromatic carbocycles. The Bertz CT molecular complexity index is 435. The van der Waals surface area contributed by atoms with Crippen LogP contribution < -0.4 is 5.32 Å². The summed E-state index contributed by atoms with van der Waals surface area (Å²) in [5, 5.41) is 2.52. The molecule has 5 heteroatoms. The van der Waals surface area contributed by atoms with Crippen molar-refractivity contribution in [3.05, 3.63) is 29.8 Å². The number of likely N-dealkylation sites (N-methyl/N-ethyl adjacent to an activating group) is 1. The maximum Gasteiger partial charge on any atom is 0.254 e. The first-order chi connectivity index (χ1) is 8.58. The van der Waals surface area contributed by atoms with Crippen LogP contribution in [0.25, 0.3) is 0 Å². The Kier molecular flexibility index (Phi) is 5.71. The van der Waals surface area contributed by atoms with Crippen LogP contribution in [-0.4, -0.2) is 36.9 Å². The van der Waals surface area contributed by atoms with Crippen molar-refractivity contribution in [2.24, 2.45) is 0 Å². The van der Waals surface area contributed by atoms with Crippen LogP contribution in [0.4, 0.5) is 0 Å². The highest BCUT2D eigenvalue weighted by Gasteiger charge is 2.17. The van der Waals surface area contributed by atoms with Crippen LogP contribution in [0.3, 0.4) is 0 Å². The van der Waals surface area contributed by atoms with E-state index in [1.165, 1.54) is 0 Å². The van der Waals surface area contributed by atoms with E-state index >= 15 is 0 Å². The van der Waals surface area contributed by atoms with Gasteiger partial charge in [-0.15, -0.1) is 12.6 Å². The number of nitrogens with one attached hydrogen (secondary N) is 1. The molecule has 1 aromatic rings. The van der Waals surface area contributed by atoms with Crippen LogP contribution in [-0.2, 0) is 4.79 Å². The zero-order valence-electron chi connectivity index (χ0n) is 10.6. The minimum atomic E-state index is -0.168. The predicted molar refractivity (Wildman–Crippen MR) is 74.0 cm³/mol. The fourth-order valence-electron chi connectivity index (χ4n) is 1.60. The lowest BCUT2D eigenvalue weighted by atomic mass is 10.2. The molecule has 18 heavy (non-hydrogen) atoms. The molecular weight excluding hydrogens is 248 g/mol. The maximum absolute atomic E-state index is 12.3. The Labute approximate surface area is 113 Å². The number of amides is 2. The molecule has 0 aliphatic carbocycles. The number of nitrogens with zero attached hydrogens (tertiary/aromatic N) is 1. The van der Waals surface area contributed by atoms with Crippen molar-refractivity contribution in [1.29, 1.82) is 0 Å². The monoisotopic (exact) mass is 266 g/mol. The second kappa shape index (κ2) is 7.06. The van der Waals surface area contributed by atoms with E-state index in [0.29, 0.717) is 12.1 Å².